The van der Waals surface area contributed by atoms with E-state index in [1.165, 1.54) is 0 Å². The Balaban J connectivity index is 1.62. The summed E-state index contributed by atoms with van der Waals surface area (Å²) in [5, 5.41) is 7.53. The maximum Gasteiger partial charge on any atom is 0.253 e. The lowest BCUT2D eigenvalue weighted by atomic mass is 9.86. The molecule has 1 unspecified atom stereocenters. The van der Waals surface area contributed by atoms with Gasteiger partial charge in [0, 0.05) is 12.1 Å². The second kappa shape index (κ2) is 6.99. The molecule has 1 saturated heterocycles. The van der Waals surface area contributed by atoms with Crippen molar-refractivity contribution < 1.29 is 4.79 Å². The maximum absolute atomic E-state index is 13.0. The molecule has 5 rings (SSSR count). The van der Waals surface area contributed by atoms with Gasteiger partial charge in [-0.2, -0.15) is 14.8 Å². The third-order valence-electron chi connectivity index (χ3n) is 6.16. The van der Waals surface area contributed by atoms with Crippen LogP contribution in [0.5, 0.6) is 0 Å². The SMILES string of the molecule is CCC12CCCCCN1c1nc(-n3nccc3-c3ccccc3)ncc1NC2=O. The fourth-order valence-corrected chi connectivity index (χ4v) is 4.57. The molecule has 0 radical (unpaired) electrons. The van der Waals surface area contributed by atoms with Gasteiger partial charge in [0.1, 0.15) is 11.2 Å². The standard InChI is InChI=1S/C22H24N6O/c1-2-22-12-7-4-8-14-27(22)19-17(25-20(22)29)15-23-21(26-19)28-18(11-13-24-28)16-9-5-3-6-10-16/h3,5-6,9-11,13,15H,2,4,7-8,12,14H2,1H3,(H,25,29). The van der Waals surface area contributed by atoms with Crippen molar-refractivity contribution in [3.63, 3.8) is 0 Å². The molecular formula is C22H24N6O. The minimum Gasteiger partial charge on any atom is -0.340 e. The number of rotatable bonds is 3. The van der Waals surface area contributed by atoms with Crippen molar-refractivity contribution in [2.75, 3.05) is 16.8 Å². The number of anilines is 2. The Morgan fingerprint density at radius 2 is 2.00 bits per heavy atom. The average Bonchev–Trinajstić information content (AvgIpc) is 3.14. The number of fused-ring (bicyclic) bond motifs is 3. The van der Waals surface area contributed by atoms with Gasteiger partial charge in [-0.1, -0.05) is 50.1 Å². The van der Waals surface area contributed by atoms with Gasteiger partial charge in [0.25, 0.3) is 5.95 Å². The number of hydrogen-bond acceptors (Lipinski definition) is 5. The van der Waals surface area contributed by atoms with Gasteiger partial charge in [-0.3, -0.25) is 4.79 Å². The summed E-state index contributed by atoms with van der Waals surface area (Å²) in [5.41, 5.74) is 2.14. The topological polar surface area (TPSA) is 75.9 Å². The molecule has 2 aromatic heterocycles. The van der Waals surface area contributed by atoms with Crippen LogP contribution < -0.4 is 10.2 Å². The van der Waals surface area contributed by atoms with Crippen LogP contribution in [0.15, 0.2) is 48.8 Å². The van der Waals surface area contributed by atoms with E-state index >= 15 is 0 Å². The zero-order chi connectivity index (χ0) is 19.8. The highest BCUT2D eigenvalue weighted by atomic mass is 16.2. The second-order valence-electron chi connectivity index (χ2n) is 7.70. The molecule has 1 N–H and O–H groups in total. The molecule has 4 heterocycles. The lowest BCUT2D eigenvalue weighted by Gasteiger charge is -2.45. The summed E-state index contributed by atoms with van der Waals surface area (Å²) in [7, 11) is 0. The number of hydrogen-bond donors (Lipinski definition) is 1. The van der Waals surface area contributed by atoms with Crippen LogP contribution in [-0.4, -0.2) is 37.7 Å². The summed E-state index contributed by atoms with van der Waals surface area (Å²) in [6.45, 7) is 2.92. The molecule has 148 valence electrons. The molecule has 1 aromatic carbocycles. The van der Waals surface area contributed by atoms with Crippen LogP contribution in [0.1, 0.15) is 39.0 Å². The summed E-state index contributed by atoms with van der Waals surface area (Å²) < 4.78 is 1.76. The first-order valence-electron chi connectivity index (χ1n) is 10.3. The van der Waals surface area contributed by atoms with Crippen LogP contribution in [0.3, 0.4) is 0 Å². The Kier molecular flexibility index (Phi) is 4.30. The van der Waals surface area contributed by atoms with Crippen LogP contribution in [0.25, 0.3) is 17.2 Å². The molecule has 0 saturated carbocycles. The predicted octanol–water partition coefficient (Wildman–Crippen LogP) is 3.81. The molecule has 1 atom stereocenters. The fourth-order valence-electron chi connectivity index (χ4n) is 4.57. The molecule has 0 spiro atoms. The maximum atomic E-state index is 13.0. The zero-order valence-electron chi connectivity index (χ0n) is 16.5. The highest BCUT2D eigenvalue weighted by molar-refractivity contribution is 6.05. The molecule has 7 nitrogen and oxygen atoms in total. The molecule has 1 fully saturated rings. The molecule has 0 bridgehead atoms. The quantitative estimate of drug-likeness (QED) is 0.738. The number of nitrogens with one attached hydrogen (secondary N) is 1. The van der Waals surface area contributed by atoms with E-state index in [4.69, 9.17) is 4.98 Å². The first-order valence-corrected chi connectivity index (χ1v) is 10.3. The molecule has 2 aliphatic heterocycles. The van der Waals surface area contributed by atoms with Gasteiger partial charge in [-0.05, 0) is 25.3 Å². The number of benzene rings is 1. The van der Waals surface area contributed by atoms with Crippen molar-refractivity contribution in [3.05, 3.63) is 48.8 Å². The molecule has 2 aliphatic rings. The van der Waals surface area contributed by atoms with E-state index in [0.717, 1.165) is 55.7 Å². The van der Waals surface area contributed by atoms with Gasteiger partial charge < -0.3 is 10.2 Å². The Labute approximate surface area is 169 Å². The zero-order valence-corrected chi connectivity index (χ0v) is 16.5. The van der Waals surface area contributed by atoms with Crippen molar-refractivity contribution in [2.24, 2.45) is 0 Å². The number of aromatic nitrogens is 4. The van der Waals surface area contributed by atoms with Crippen molar-refractivity contribution in [2.45, 2.75) is 44.6 Å². The minimum absolute atomic E-state index is 0.0646. The van der Waals surface area contributed by atoms with Gasteiger partial charge in [0.05, 0.1) is 18.1 Å². The number of carbonyl (C=O) groups is 1. The lowest BCUT2D eigenvalue weighted by Crippen LogP contribution is -2.59. The Hall–Kier alpha value is -3.22. The van der Waals surface area contributed by atoms with Crippen LogP contribution >= 0.6 is 0 Å². The van der Waals surface area contributed by atoms with E-state index in [0.29, 0.717) is 11.6 Å². The van der Waals surface area contributed by atoms with Gasteiger partial charge >= 0.3 is 0 Å². The van der Waals surface area contributed by atoms with Crippen molar-refractivity contribution in [3.8, 4) is 17.2 Å². The highest BCUT2D eigenvalue weighted by Gasteiger charge is 2.47. The molecule has 3 aromatic rings. The van der Waals surface area contributed by atoms with E-state index in [1.54, 1.807) is 17.1 Å². The van der Waals surface area contributed by atoms with E-state index in [-0.39, 0.29) is 5.91 Å². The summed E-state index contributed by atoms with van der Waals surface area (Å²) in [6, 6.07) is 12.0. The van der Waals surface area contributed by atoms with Gasteiger partial charge in [-0.15, -0.1) is 0 Å². The van der Waals surface area contributed by atoms with Gasteiger partial charge in [0.2, 0.25) is 5.91 Å². The normalized spacial score (nSPS) is 21.1. The van der Waals surface area contributed by atoms with E-state index < -0.39 is 5.54 Å². The largest absolute Gasteiger partial charge is 0.340 e. The first kappa shape index (κ1) is 17.8. The monoisotopic (exact) mass is 388 g/mol. The molecular weight excluding hydrogens is 364 g/mol. The average molecular weight is 388 g/mol. The molecule has 7 heteroatoms. The number of carbonyl (C=O) groups excluding carboxylic acids is 1. The number of nitrogens with zero attached hydrogens (tertiary/aromatic N) is 5. The molecule has 29 heavy (non-hydrogen) atoms. The lowest BCUT2D eigenvalue weighted by molar-refractivity contribution is -0.122. The third-order valence-corrected chi connectivity index (χ3v) is 6.16. The van der Waals surface area contributed by atoms with Crippen molar-refractivity contribution >= 4 is 17.4 Å². The smallest absolute Gasteiger partial charge is 0.253 e. The Morgan fingerprint density at radius 3 is 2.83 bits per heavy atom. The van der Waals surface area contributed by atoms with Crippen molar-refractivity contribution in [1.29, 1.82) is 0 Å². The summed E-state index contributed by atoms with van der Waals surface area (Å²) in [4.78, 5) is 24.6. The van der Waals surface area contributed by atoms with E-state index in [1.807, 2.05) is 36.4 Å². The first-order chi connectivity index (χ1) is 14.2. The van der Waals surface area contributed by atoms with Crippen LogP contribution in [0.4, 0.5) is 11.5 Å². The van der Waals surface area contributed by atoms with Crippen LogP contribution in [-0.2, 0) is 4.79 Å². The van der Waals surface area contributed by atoms with Crippen LogP contribution in [0.2, 0.25) is 0 Å². The van der Waals surface area contributed by atoms with Gasteiger partial charge in [-0.25, -0.2) is 4.98 Å². The molecule has 1 amide bonds. The fraction of sp³-hybridized carbons (Fsp3) is 0.364. The number of amides is 1. The second-order valence-corrected chi connectivity index (χ2v) is 7.70. The van der Waals surface area contributed by atoms with E-state index in [9.17, 15) is 4.79 Å². The predicted molar refractivity (Wildman–Crippen MR) is 112 cm³/mol. The van der Waals surface area contributed by atoms with Gasteiger partial charge in [0.15, 0.2) is 5.82 Å². The van der Waals surface area contributed by atoms with E-state index in [2.05, 4.69) is 27.2 Å². The summed E-state index contributed by atoms with van der Waals surface area (Å²) in [5.74, 6) is 1.38. The molecule has 0 aliphatic carbocycles. The Morgan fingerprint density at radius 1 is 1.14 bits per heavy atom. The summed E-state index contributed by atoms with van der Waals surface area (Å²) in [6.07, 6.45) is 8.33. The van der Waals surface area contributed by atoms with Crippen molar-refractivity contribution in [1.82, 2.24) is 19.7 Å². The minimum atomic E-state index is -0.526. The Bertz CT molecular complexity index is 1050. The highest BCUT2D eigenvalue weighted by Crippen LogP contribution is 2.41. The van der Waals surface area contributed by atoms with Crippen LogP contribution in [0, 0.1) is 0 Å². The third kappa shape index (κ3) is 2.80. The summed E-state index contributed by atoms with van der Waals surface area (Å²) >= 11 is 0.